The van der Waals surface area contributed by atoms with Crippen molar-refractivity contribution in [1.29, 1.82) is 0 Å². The van der Waals surface area contributed by atoms with Gasteiger partial charge in [-0.2, -0.15) is 0 Å². The van der Waals surface area contributed by atoms with Gasteiger partial charge in [-0.1, -0.05) is 6.07 Å². The molecule has 0 radical (unpaired) electrons. The van der Waals surface area contributed by atoms with Gasteiger partial charge < -0.3 is 10.1 Å². The number of hydrogen-bond donors (Lipinski definition) is 1. The largest absolute Gasteiger partial charge is 0.376 e. The Bertz CT molecular complexity index is 349. The molecule has 15 heavy (non-hydrogen) atoms. The summed E-state index contributed by atoms with van der Waals surface area (Å²) in [5.41, 5.74) is -0.221. The van der Waals surface area contributed by atoms with Crippen LogP contribution in [0.2, 0.25) is 0 Å². The van der Waals surface area contributed by atoms with Crippen LogP contribution in [0.3, 0.4) is 0 Å². The van der Waals surface area contributed by atoms with E-state index in [4.69, 9.17) is 4.74 Å². The van der Waals surface area contributed by atoms with Crippen molar-refractivity contribution in [2.75, 3.05) is 6.61 Å². The van der Waals surface area contributed by atoms with E-state index in [0.717, 1.165) is 17.9 Å². The Morgan fingerprint density at radius 3 is 3.07 bits per heavy atom. The van der Waals surface area contributed by atoms with Gasteiger partial charge in [0.25, 0.3) is 5.91 Å². The summed E-state index contributed by atoms with van der Waals surface area (Å²) in [6.07, 6.45) is 0.965. The lowest BCUT2D eigenvalue weighted by Gasteiger charge is -2.28. The normalized spacial score (nSPS) is 30.4. The van der Waals surface area contributed by atoms with E-state index in [1.54, 1.807) is 0 Å². The Kier molecular flexibility index (Phi) is 2.80. The van der Waals surface area contributed by atoms with Crippen molar-refractivity contribution in [3.05, 3.63) is 22.4 Å². The summed E-state index contributed by atoms with van der Waals surface area (Å²) in [5.74, 6) is 0.00449. The zero-order chi connectivity index (χ0) is 10.9. The number of nitrogens with one attached hydrogen (secondary N) is 1. The highest BCUT2D eigenvalue weighted by molar-refractivity contribution is 7.12. The third-order valence-corrected chi connectivity index (χ3v) is 3.90. The molecule has 3 nitrogen and oxygen atoms in total. The molecule has 0 bridgehead atoms. The second kappa shape index (κ2) is 3.94. The Labute approximate surface area is 93.4 Å². The molecule has 1 fully saturated rings. The molecule has 0 saturated carbocycles. The molecule has 1 aromatic heterocycles. The van der Waals surface area contributed by atoms with E-state index in [1.807, 2.05) is 31.4 Å². The third-order valence-electron chi connectivity index (χ3n) is 3.03. The van der Waals surface area contributed by atoms with Crippen molar-refractivity contribution in [2.45, 2.75) is 31.9 Å². The van der Waals surface area contributed by atoms with Crippen LogP contribution < -0.4 is 5.32 Å². The second-order valence-electron chi connectivity index (χ2n) is 4.11. The monoisotopic (exact) mass is 225 g/mol. The number of thiophene rings is 1. The first-order valence-electron chi connectivity index (χ1n) is 5.09. The van der Waals surface area contributed by atoms with E-state index in [0.29, 0.717) is 0 Å². The van der Waals surface area contributed by atoms with Crippen LogP contribution in [0.15, 0.2) is 17.5 Å². The summed E-state index contributed by atoms with van der Waals surface area (Å²) in [5, 5.41) is 4.96. The number of amides is 1. The molecule has 1 aromatic rings. The predicted octanol–water partition coefficient (Wildman–Crippen LogP) is 2.05. The van der Waals surface area contributed by atoms with Gasteiger partial charge in [-0.15, -0.1) is 11.3 Å². The minimum absolute atomic E-state index is 0.00449. The van der Waals surface area contributed by atoms with Crippen molar-refractivity contribution in [3.63, 3.8) is 0 Å². The van der Waals surface area contributed by atoms with Gasteiger partial charge in [-0.25, -0.2) is 0 Å². The first-order valence-corrected chi connectivity index (χ1v) is 5.97. The van der Waals surface area contributed by atoms with Gasteiger partial charge >= 0.3 is 0 Å². The van der Waals surface area contributed by atoms with Gasteiger partial charge in [0.15, 0.2) is 0 Å². The number of rotatable bonds is 2. The topological polar surface area (TPSA) is 38.3 Å². The molecule has 0 spiro atoms. The molecule has 4 heteroatoms. The fraction of sp³-hybridized carbons (Fsp3) is 0.545. The van der Waals surface area contributed by atoms with Crippen molar-refractivity contribution in [2.24, 2.45) is 0 Å². The lowest BCUT2D eigenvalue weighted by atomic mass is 9.94. The lowest BCUT2D eigenvalue weighted by Crippen LogP contribution is -2.50. The van der Waals surface area contributed by atoms with Gasteiger partial charge in [0.2, 0.25) is 0 Å². The van der Waals surface area contributed by atoms with Crippen LogP contribution in [0.4, 0.5) is 0 Å². The average molecular weight is 225 g/mol. The molecule has 1 amide bonds. The van der Waals surface area contributed by atoms with Gasteiger partial charge in [0.1, 0.15) is 0 Å². The maximum Gasteiger partial charge on any atom is 0.261 e. The van der Waals surface area contributed by atoms with E-state index in [-0.39, 0.29) is 17.6 Å². The van der Waals surface area contributed by atoms with Crippen molar-refractivity contribution < 1.29 is 9.53 Å². The van der Waals surface area contributed by atoms with Crippen molar-refractivity contribution in [3.8, 4) is 0 Å². The quantitative estimate of drug-likeness (QED) is 0.836. The fourth-order valence-electron chi connectivity index (χ4n) is 1.73. The van der Waals surface area contributed by atoms with Crippen molar-refractivity contribution >= 4 is 17.2 Å². The van der Waals surface area contributed by atoms with E-state index in [9.17, 15) is 4.79 Å². The highest BCUT2D eigenvalue weighted by Crippen LogP contribution is 2.25. The molecule has 0 aromatic carbocycles. The number of hydrogen-bond acceptors (Lipinski definition) is 3. The van der Waals surface area contributed by atoms with Gasteiger partial charge in [-0.3, -0.25) is 4.79 Å². The number of carbonyl (C=O) groups is 1. The Morgan fingerprint density at radius 2 is 2.53 bits per heavy atom. The standard InChI is InChI=1S/C11H15NO2S/c1-8-11(2,5-6-14-8)12-10(13)9-4-3-7-15-9/h3-4,7-8H,5-6H2,1-2H3,(H,12,13). The highest BCUT2D eigenvalue weighted by Gasteiger charge is 2.38. The third kappa shape index (κ3) is 2.06. The summed E-state index contributed by atoms with van der Waals surface area (Å²) in [4.78, 5) is 12.6. The summed E-state index contributed by atoms with van der Waals surface area (Å²) in [6, 6.07) is 3.72. The second-order valence-corrected chi connectivity index (χ2v) is 5.06. The first kappa shape index (κ1) is 10.6. The fourth-order valence-corrected chi connectivity index (χ4v) is 2.35. The molecular weight excluding hydrogens is 210 g/mol. The molecule has 1 aliphatic heterocycles. The zero-order valence-electron chi connectivity index (χ0n) is 8.95. The highest BCUT2D eigenvalue weighted by atomic mass is 32.1. The van der Waals surface area contributed by atoms with E-state index >= 15 is 0 Å². The molecule has 1 saturated heterocycles. The minimum atomic E-state index is -0.221. The van der Waals surface area contributed by atoms with Crippen LogP contribution in [0, 0.1) is 0 Å². The van der Waals surface area contributed by atoms with Crippen molar-refractivity contribution in [1.82, 2.24) is 5.32 Å². The maximum atomic E-state index is 11.9. The molecule has 2 heterocycles. The molecule has 1 aliphatic rings. The Morgan fingerprint density at radius 1 is 1.73 bits per heavy atom. The van der Waals surface area contributed by atoms with Crippen LogP contribution in [-0.4, -0.2) is 24.2 Å². The first-order chi connectivity index (χ1) is 7.12. The molecule has 0 aliphatic carbocycles. The molecular formula is C11H15NO2S. The number of ether oxygens (including phenoxy) is 1. The molecule has 2 rings (SSSR count). The summed E-state index contributed by atoms with van der Waals surface area (Å²) >= 11 is 1.46. The van der Waals surface area contributed by atoms with Gasteiger partial charge in [-0.05, 0) is 31.7 Å². The van der Waals surface area contributed by atoms with Crippen LogP contribution in [-0.2, 0) is 4.74 Å². The molecule has 82 valence electrons. The predicted molar refractivity (Wildman–Crippen MR) is 60.2 cm³/mol. The summed E-state index contributed by atoms with van der Waals surface area (Å²) in [6.45, 7) is 4.76. The summed E-state index contributed by atoms with van der Waals surface area (Å²) in [7, 11) is 0. The lowest BCUT2D eigenvalue weighted by molar-refractivity contribution is 0.0730. The van der Waals surface area contributed by atoms with Gasteiger partial charge in [0.05, 0.1) is 16.5 Å². The van der Waals surface area contributed by atoms with Crippen LogP contribution >= 0.6 is 11.3 Å². The van der Waals surface area contributed by atoms with Crippen LogP contribution in [0.1, 0.15) is 29.9 Å². The zero-order valence-corrected chi connectivity index (χ0v) is 9.76. The van der Waals surface area contributed by atoms with E-state index in [2.05, 4.69) is 5.32 Å². The minimum Gasteiger partial charge on any atom is -0.376 e. The van der Waals surface area contributed by atoms with Crippen LogP contribution in [0.25, 0.3) is 0 Å². The Balaban J connectivity index is 2.06. The maximum absolute atomic E-state index is 11.9. The average Bonchev–Trinajstić information content (AvgIpc) is 2.78. The SMILES string of the molecule is CC1OCCC1(C)NC(=O)c1cccs1. The molecule has 2 atom stereocenters. The van der Waals surface area contributed by atoms with E-state index < -0.39 is 0 Å². The molecule has 2 unspecified atom stereocenters. The smallest absolute Gasteiger partial charge is 0.261 e. The molecule has 1 N–H and O–H groups in total. The summed E-state index contributed by atoms with van der Waals surface area (Å²) < 4.78 is 5.48. The van der Waals surface area contributed by atoms with Crippen LogP contribution in [0.5, 0.6) is 0 Å². The van der Waals surface area contributed by atoms with Gasteiger partial charge in [0, 0.05) is 6.61 Å². The number of carbonyl (C=O) groups excluding carboxylic acids is 1. The Hall–Kier alpha value is -0.870. The van der Waals surface area contributed by atoms with E-state index in [1.165, 1.54) is 11.3 Å².